The fourth-order valence-electron chi connectivity index (χ4n) is 1.47. The molecule has 7 heteroatoms. The summed E-state index contributed by atoms with van der Waals surface area (Å²) in [5, 5.41) is 13.7. The number of nitrogens with one attached hydrogen (secondary N) is 2. The summed E-state index contributed by atoms with van der Waals surface area (Å²) < 4.78 is 5.08. The van der Waals surface area contributed by atoms with Gasteiger partial charge in [-0.05, 0) is 40.5 Å². The van der Waals surface area contributed by atoms with E-state index in [1.54, 1.807) is 20.8 Å². The molecule has 0 bridgehead atoms. The molecular formula is C14H26N2O5. The van der Waals surface area contributed by atoms with E-state index in [-0.39, 0.29) is 12.3 Å². The summed E-state index contributed by atoms with van der Waals surface area (Å²) in [6.07, 6.45) is 1.99. The molecule has 0 aliphatic heterocycles. The van der Waals surface area contributed by atoms with Crippen molar-refractivity contribution in [3.63, 3.8) is 0 Å². The van der Waals surface area contributed by atoms with Crippen LogP contribution in [0.4, 0.5) is 4.79 Å². The molecule has 0 aromatic rings. The van der Waals surface area contributed by atoms with Gasteiger partial charge >= 0.3 is 12.1 Å². The normalized spacial score (nSPS) is 12.4. The van der Waals surface area contributed by atoms with E-state index in [9.17, 15) is 14.4 Å². The summed E-state index contributed by atoms with van der Waals surface area (Å²) in [6.45, 7) is 7.29. The van der Waals surface area contributed by atoms with Crippen molar-refractivity contribution < 1.29 is 24.2 Å². The number of hydrogen-bond donors (Lipinski definition) is 3. The highest BCUT2D eigenvalue weighted by atomic mass is 16.6. The van der Waals surface area contributed by atoms with Crippen molar-refractivity contribution in [1.29, 1.82) is 0 Å². The zero-order chi connectivity index (χ0) is 16.5. The molecule has 0 fully saturated rings. The number of carbonyl (C=O) groups is 3. The summed E-state index contributed by atoms with van der Waals surface area (Å²) in [7, 11) is 0. The van der Waals surface area contributed by atoms with E-state index in [2.05, 4.69) is 10.6 Å². The third-order valence-corrected chi connectivity index (χ3v) is 2.50. The number of carboxylic acids is 1. The van der Waals surface area contributed by atoms with Gasteiger partial charge in [0.15, 0.2) is 0 Å². The van der Waals surface area contributed by atoms with Crippen molar-refractivity contribution in [2.75, 3.05) is 6.54 Å². The zero-order valence-electron chi connectivity index (χ0n) is 13.2. The molecule has 0 rings (SSSR count). The lowest BCUT2D eigenvalue weighted by Gasteiger charge is -2.19. The van der Waals surface area contributed by atoms with Crippen molar-refractivity contribution in [1.82, 2.24) is 10.6 Å². The van der Waals surface area contributed by atoms with Crippen LogP contribution in [0, 0.1) is 0 Å². The molecule has 1 atom stereocenters. The number of carbonyl (C=O) groups excluding carboxylic acids is 2. The molecule has 7 nitrogen and oxygen atoms in total. The number of carboxylic acid groups (broad SMARTS) is 1. The second kappa shape index (κ2) is 9.20. The van der Waals surface area contributed by atoms with Gasteiger partial charge in [-0.2, -0.15) is 0 Å². The average Bonchev–Trinajstić information content (AvgIpc) is 2.31. The van der Waals surface area contributed by atoms with Gasteiger partial charge in [0.2, 0.25) is 5.91 Å². The highest BCUT2D eigenvalue weighted by molar-refractivity contribution is 5.83. The van der Waals surface area contributed by atoms with E-state index in [1.807, 2.05) is 0 Å². The first kappa shape index (κ1) is 19.2. The molecule has 0 aliphatic carbocycles. The average molecular weight is 302 g/mol. The third-order valence-electron chi connectivity index (χ3n) is 2.50. The van der Waals surface area contributed by atoms with Gasteiger partial charge in [0.05, 0.1) is 0 Å². The molecule has 3 N–H and O–H groups in total. The molecule has 0 aromatic carbocycles. The molecule has 0 aliphatic rings. The first-order chi connectivity index (χ1) is 9.61. The molecule has 122 valence electrons. The van der Waals surface area contributed by atoms with Crippen LogP contribution in [0.15, 0.2) is 0 Å². The van der Waals surface area contributed by atoms with Gasteiger partial charge < -0.3 is 20.5 Å². The van der Waals surface area contributed by atoms with E-state index in [1.165, 1.54) is 6.92 Å². The van der Waals surface area contributed by atoms with Crippen molar-refractivity contribution in [2.24, 2.45) is 0 Å². The Labute approximate surface area is 125 Å². The number of amides is 2. The predicted molar refractivity (Wildman–Crippen MR) is 77.9 cm³/mol. The second-order valence-corrected chi connectivity index (χ2v) is 5.87. The molecule has 21 heavy (non-hydrogen) atoms. The van der Waals surface area contributed by atoms with Crippen LogP contribution >= 0.6 is 0 Å². The lowest BCUT2D eigenvalue weighted by Crippen LogP contribution is -2.38. The minimum atomic E-state index is -1.05. The smallest absolute Gasteiger partial charge is 0.407 e. The minimum Gasteiger partial charge on any atom is -0.480 e. The fourth-order valence-corrected chi connectivity index (χ4v) is 1.47. The third kappa shape index (κ3) is 11.7. The van der Waals surface area contributed by atoms with Gasteiger partial charge in [-0.3, -0.25) is 9.59 Å². The Kier molecular flexibility index (Phi) is 8.42. The lowest BCUT2D eigenvalue weighted by atomic mass is 10.2. The molecule has 2 amide bonds. The molecule has 0 heterocycles. The molecule has 1 unspecified atom stereocenters. The Balaban J connectivity index is 3.58. The van der Waals surface area contributed by atoms with Crippen LogP contribution in [0.2, 0.25) is 0 Å². The van der Waals surface area contributed by atoms with Crippen LogP contribution in [0.3, 0.4) is 0 Å². The summed E-state index contributed by atoms with van der Waals surface area (Å²) in [5.74, 6) is -1.32. The first-order valence-electron chi connectivity index (χ1n) is 7.11. The Morgan fingerprint density at radius 2 is 1.76 bits per heavy atom. The Morgan fingerprint density at radius 3 is 2.29 bits per heavy atom. The monoisotopic (exact) mass is 302 g/mol. The molecule has 0 spiro atoms. The van der Waals surface area contributed by atoms with E-state index < -0.39 is 23.7 Å². The van der Waals surface area contributed by atoms with Gasteiger partial charge in [-0.1, -0.05) is 6.42 Å². The van der Waals surface area contributed by atoms with Crippen LogP contribution in [-0.2, 0) is 14.3 Å². The molecule has 0 radical (unpaired) electrons. The Morgan fingerprint density at radius 1 is 1.14 bits per heavy atom. The zero-order valence-corrected chi connectivity index (χ0v) is 13.2. The van der Waals surface area contributed by atoms with Crippen molar-refractivity contribution in [3.05, 3.63) is 0 Å². The van der Waals surface area contributed by atoms with Gasteiger partial charge in [-0.15, -0.1) is 0 Å². The van der Waals surface area contributed by atoms with Gasteiger partial charge in [0.1, 0.15) is 11.6 Å². The Bertz CT molecular complexity index is 363. The van der Waals surface area contributed by atoms with Crippen molar-refractivity contribution >= 4 is 18.0 Å². The van der Waals surface area contributed by atoms with E-state index in [0.29, 0.717) is 13.0 Å². The maximum Gasteiger partial charge on any atom is 0.407 e. The van der Waals surface area contributed by atoms with Crippen molar-refractivity contribution in [2.45, 2.75) is 65.0 Å². The summed E-state index contributed by atoms with van der Waals surface area (Å²) in [6, 6.07) is -0.869. The van der Waals surface area contributed by atoms with Gasteiger partial charge in [-0.25, -0.2) is 4.79 Å². The van der Waals surface area contributed by atoms with E-state index in [4.69, 9.17) is 9.84 Å². The molecular weight excluding hydrogens is 276 g/mol. The number of rotatable bonds is 8. The van der Waals surface area contributed by atoms with Crippen LogP contribution in [0.1, 0.15) is 53.4 Å². The van der Waals surface area contributed by atoms with Crippen molar-refractivity contribution in [3.8, 4) is 0 Å². The van der Waals surface area contributed by atoms with Crippen LogP contribution in [-0.4, -0.2) is 41.3 Å². The summed E-state index contributed by atoms with van der Waals surface area (Å²) >= 11 is 0. The second-order valence-electron chi connectivity index (χ2n) is 5.87. The van der Waals surface area contributed by atoms with E-state index >= 15 is 0 Å². The topological polar surface area (TPSA) is 105 Å². The summed E-state index contributed by atoms with van der Waals surface area (Å²) in [5.41, 5.74) is -0.511. The number of hydrogen-bond acceptors (Lipinski definition) is 4. The number of aliphatic carboxylic acids is 1. The maximum atomic E-state index is 11.4. The van der Waals surface area contributed by atoms with Crippen LogP contribution < -0.4 is 10.6 Å². The maximum absolute atomic E-state index is 11.4. The number of alkyl carbamates (subject to hydrolysis) is 1. The summed E-state index contributed by atoms with van der Waals surface area (Å²) in [4.78, 5) is 33.3. The lowest BCUT2D eigenvalue weighted by molar-refractivity contribution is -0.141. The highest BCUT2D eigenvalue weighted by Crippen LogP contribution is 2.06. The van der Waals surface area contributed by atoms with E-state index in [0.717, 1.165) is 12.8 Å². The number of ether oxygens (including phenoxy) is 1. The quantitative estimate of drug-likeness (QED) is 0.591. The van der Waals surface area contributed by atoms with Gasteiger partial charge in [0, 0.05) is 13.0 Å². The fraction of sp³-hybridized carbons (Fsp3) is 0.786. The first-order valence-corrected chi connectivity index (χ1v) is 7.11. The SMILES string of the molecule is CC(NC(=O)CCCCCNC(=O)OC(C)(C)C)C(=O)O. The standard InChI is InChI=1S/C14H26N2O5/c1-10(12(18)19)16-11(17)8-6-5-7-9-15-13(20)21-14(2,3)4/h10H,5-9H2,1-4H3,(H,15,20)(H,16,17)(H,18,19). The predicted octanol–water partition coefficient (Wildman–Crippen LogP) is 1.66. The molecule has 0 saturated carbocycles. The number of unbranched alkanes of at least 4 members (excludes halogenated alkanes) is 2. The van der Waals surface area contributed by atoms with Crippen LogP contribution in [0.5, 0.6) is 0 Å². The molecule has 0 saturated heterocycles. The highest BCUT2D eigenvalue weighted by Gasteiger charge is 2.15. The largest absolute Gasteiger partial charge is 0.480 e. The minimum absolute atomic E-state index is 0.273. The van der Waals surface area contributed by atoms with Crippen LogP contribution in [0.25, 0.3) is 0 Å². The van der Waals surface area contributed by atoms with Gasteiger partial charge in [0.25, 0.3) is 0 Å². The molecule has 0 aromatic heterocycles. The Hall–Kier alpha value is -1.79.